The minimum Gasteiger partial charge on any atom is -0.481 e. The molecule has 0 fully saturated rings. The molecule has 3 heterocycles. The van der Waals surface area contributed by atoms with Gasteiger partial charge in [-0.1, -0.05) is 24.3 Å². The highest BCUT2D eigenvalue weighted by Gasteiger charge is 2.15. The zero-order valence-electron chi connectivity index (χ0n) is 20.3. The summed E-state index contributed by atoms with van der Waals surface area (Å²) < 4.78 is 11.1. The average Bonchev–Trinajstić information content (AvgIpc) is 2.89. The van der Waals surface area contributed by atoms with E-state index in [1.165, 1.54) is 0 Å². The van der Waals surface area contributed by atoms with E-state index in [4.69, 9.17) is 9.47 Å². The smallest absolute Gasteiger partial charge is 0.258 e. The summed E-state index contributed by atoms with van der Waals surface area (Å²) in [4.78, 5) is 35.7. The SMILES string of the molecule is COc1ccc(CNC(=O)c2cccc(Oc3ccnc(NC(=O)C4=CN(C)CC=C4)c3)c2C)cn1. The molecule has 0 radical (unpaired) electrons. The van der Waals surface area contributed by atoms with Crippen LogP contribution in [-0.4, -0.2) is 47.4 Å². The number of anilines is 1. The summed E-state index contributed by atoms with van der Waals surface area (Å²) in [6.07, 6.45) is 8.69. The molecule has 0 saturated heterocycles. The number of nitrogens with one attached hydrogen (secondary N) is 2. The Morgan fingerprint density at radius 1 is 1.11 bits per heavy atom. The van der Waals surface area contributed by atoms with E-state index in [1.807, 2.05) is 31.0 Å². The normalized spacial score (nSPS) is 12.5. The first kappa shape index (κ1) is 24.5. The fourth-order valence-electron chi connectivity index (χ4n) is 3.56. The first-order chi connectivity index (χ1) is 17.4. The van der Waals surface area contributed by atoms with Crippen LogP contribution in [0.2, 0.25) is 0 Å². The lowest BCUT2D eigenvalue weighted by atomic mass is 10.1. The summed E-state index contributed by atoms with van der Waals surface area (Å²) in [5.74, 6) is 1.40. The van der Waals surface area contributed by atoms with E-state index in [9.17, 15) is 9.59 Å². The standard InChI is InChI=1S/C27H27N5O4/c1-18-22(27(34)30-16-19-9-10-25(35-3)29-15-19)7-4-8-23(18)36-21-11-12-28-24(14-21)31-26(33)20-6-5-13-32(2)17-20/h4-12,14-15,17H,13,16H2,1-3H3,(H,30,34)(H,28,31,33). The highest BCUT2D eigenvalue weighted by molar-refractivity contribution is 6.05. The van der Waals surface area contributed by atoms with Crippen molar-refractivity contribution in [2.45, 2.75) is 13.5 Å². The van der Waals surface area contributed by atoms with Crippen LogP contribution in [0.25, 0.3) is 0 Å². The number of benzene rings is 1. The number of pyridine rings is 2. The van der Waals surface area contributed by atoms with E-state index in [-0.39, 0.29) is 11.8 Å². The molecule has 0 bridgehead atoms. The van der Waals surface area contributed by atoms with E-state index in [0.717, 1.165) is 12.1 Å². The number of hydrogen-bond donors (Lipinski definition) is 2. The van der Waals surface area contributed by atoms with Crippen LogP contribution in [-0.2, 0) is 11.3 Å². The molecular weight excluding hydrogens is 458 g/mol. The zero-order chi connectivity index (χ0) is 25.5. The van der Waals surface area contributed by atoms with Crippen molar-refractivity contribution in [1.29, 1.82) is 0 Å². The summed E-state index contributed by atoms with van der Waals surface area (Å²) in [7, 11) is 3.45. The van der Waals surface area contributed by atoms with Gasteiger partial charge in [0.2, 0.25) is 5.88 Å². The van der Waals surface area contributed by atoms with E-state index < -0.39 is 0 Å². The number of nitrogens with zero attached hydrogens (tertiary/aromatic N) is 3. The topological polar surface area (TPSA) is 106 Å². The summed E-state index contributed by atoms with van der Waals surface area (Å²) in [5.41, 5.74) is 2.58. The predicted octanol–water partition coefficient (Wildman–Crippen LogP) is 3.84. The van der Waals surface area contributed by atoms with Gasteiger partial charge in [0, 0.05) is 62.0 Å². The van der Waals surface area contributed by atoms with Gasteiger partial charge in [0.1, 0.15) is 17.3 Å². The molecular formula is C27H27N5O4. The van der Waals surface area contributed by atoms with Gasteiger partial charge in [0.05, 0.1) is 12.7 Å². The quantitative estimate of drug-likeness (QED) is 0.499. The molecule has 2 amide bonds. The lowest BCUT2D eigenvalue weighted by Gasteiger charge is -2.17. The second-order valence-corrected chi connectivity index (χ2v) is 8.18. The lowest BCUT2D eigenvalue weighted by Crippen LogP contribution is -2.23. The molecule has 0 spiro atoms. The molecule has 9 heteroatoms. The van der Waals surface area contributed by atoms with Crippen molar-refractivity contribution in [3.05, 3.63) is 95.5 Å². The van der Waals surface area contributed by atoms with Crippen molar-refractivity contribution in [2.75, 3.05) is 26.0 Å². The van der Waals surface area contributed by atoms with Gasteiger partial charge in [0.25, 0.3) is 11.8 Å². The largest absolute Gasteiger partial charge is 0.481 e. The molecule has 0 atom stereocenters. The van der Waals surface area contributed by atoms with E-state index in [1.54, 1.807) is 68.2 Å². The number of likely N-dealkylation sites (N-methyl/N-ethyl adjacent to an activating group) is 1. The number of rotatable bonds is 8. The monoisotopic (exact) mass is 485 g/mol. The first-order valence-electron chi connectivity index (χ1n) is 11.3. The Balaban J connectivity index is 1.42. The lowest BCUT2D eigenvalue weighted by molar-refractivity contribution is -0.112. The second kappa shape index (κ2) is 11.2. The Hall–Kier alpha value is -4.66. The molecule has 36 heavy (non-hydrogen) atoms. The maximum Gasteiger partial charge on any atom is 0.258 e. The molecule has 1 aromatic carbocycles. The number of aromatic nitrogens is 2. The number of carbonyl (C=O) groups excluding carboxylic acids is 2. The Morgan fingerprint density at radius 3 is 2.72 bits per heavy atom. The van der Waals surface area contributed by atoms with Crippen molar-refractivity contribution in [3.63, 3.8) is 0 Å². The first-order valence-corrected chi connectivity index (χ1v) is 11.3. The molecule has 184 valence electrons. The molecule has 2 aromatic heterocycles. The predicted molar refractivity (Wildman–Crippen MR) is 136 cm³/mol. The van der Waals surface area contributed by atoms with Crippen LogP contribution < -0.4 is 20.1 Å². The number of amides is 2. The number of hydrogen-bond acceptors (Lipinski definition) is 7. The van der Waals surface area contributed by atoms with Gasteiger partial charge in [-0.15, -0.1) is 0 Å². The van der Waals surface area contributed by atoms with Crippen LogP contribution in [0.5, 0.6) is 17.4 Å². The molecule has 1 aliphatic rings. The Morgan fingerprint density at radius 2 is 1.97 bits per heavy atom. The summed E-state index contributed by atoms with van der Waals surface area (Å²) >= 11 is 0. The Labute approximate surface area is 209 Å². The van der Waals surface area contributed by atoms with E-state index >= 15 is 0 Å². The van der Waals surface area contributed by atoms with Gasteiger partial charge in [-0.05, 0) is 30.7 Å². The highest BCUT2D eigenvalue weighted by atomic mass is 16.5. The third kappa shape index (κ3) is 6.06. The zero-order valence-corrected chi connectivity index (χ0v) is 20.3. The number of methoxy groups -OCH3 is 1. The molecule has 1 aliphatic heterocycles. The molecule has 0 unspecified atom stereocenters. The van der Waals surface area contributed by atoms with Crippen LogP contribution in [0.1, 0.15) is 21.5 Å². The van der Waals surface area contributed by atoms with E-state index in [0.29, 0.717) is 46.4 Å². The number of carbonyl (C=O) groups is 2. The van der Waals surface area contributed by atoms with Crippen LogP contribution in [0.3, 0.4) is 0 Å². The number of ether oxygens (including phenoxy) is 2. The van der Waals surface area contributed by atoms with Crippen LogP contribution in [0, 0.1) is 6.92 Å². The third-order valence-corrected chi connectivity index (χ3v) is 5.50. The maximum atomic E-state index is 12.8. The third-order valence-electron chi connectivity index (χ3n) is 5.50. The van der Waals surface area contributed by atoms with Gasteiger partial charge in [-0.2, -0.15) is 0 Å². The summed E-state index contributed by atoms with van der Waals surface area (Å²) in [6, 6.07) is 12.2. The van der Waals surface area contributed by atoms with Gasteiger partial charge in [-0.25, -0.2) is 9.97 Å². The van der Waals surface area contributed by atoms with Crippen molar-refractivity contribution >= 4 is 17.6 Å². The van der Waals surface area contributed by atoms with Crippen LogP contribution >= 0.6 is 0 Å². The fourth-order valence-corrected chi connectivity index (χ4v) is 3.56. The van der Waals surface area contributed by atoms with E-state index in [2.05, 4.69) is 20.6 Å². The molecule has 4 rings (SSSR count). The molecule has 0 aliphatic carbocycles. The summed E-state index contributed by atoms with van der Waals surface area (Å²) in [5, 5.41) is 5.69. The molecule has 0 saturated carbocycles. The highest BCUT2D eigenvalue weighted by Crippen LogP contribution is 2.28. The van der Waals surface area contributed by atoms with Crippen molar-refractivity contribution in [3.8, 4) is 17.4 Å². The fraction of sp³-hybridized carbons (Fsp3) is 0.185. The van der Waals surface area contributed by atoms with Crippen LogP contribution in [0.4, 0.5) is 5.82 Å². The van der Waals surface area contributed by atoms with Gasteiger partial charge < -0.3 is 25.0 Å². The van der Waals surface area contributed by atoms with Crippen LogP contribution in [0.15, 0.2) is 78.8 Å². The van der Waals surface area contributed by atoms with Crippen molar-refractivity contribution < 1.29 is 19.1 Å². The average molecular weight is 486 g/mol. The summed E-state index contributed by atoms with van der Waals surface area (Å²) in [6.45, 7) is 2.91. The second-order valence-electron chi connectivity index (χ2n) is 8.18. The van der Waals surface area contributed by atoms with Crippen molar-refractivity contribution in [1.82, 2.24) is 20.2 Å². The molecule has 3 aromatic rings. The Bertz CT molecular complexity index is 1320. The Kier molecular flexibility index (Phi) is 7.60. The van der Waals surface area contributed by atoms with Gasteiger partial charge in [0.15, 0.2) is 0 Å². The molecule has 9 nitrogen and oxygen atoms in total. The minimum absolute atomic E-state index is 0.227. The minimum atomic E-state index is -0.260. The van der Waals surface area contributed by atoms with Gasteiger partial charge >= 0.3 is 0 Å². The van der Waals surface area contributed by atoms with Crippen molar-refractivity contribution in [2.24, 2.45) is 0 Å². The van der Waals surface area contributed by atoms with Gasteiger partial charge in [-0.3, -0.25) is 9.59 Å². The maximum absolute atomic E-state index is 12.8. The molecule has 2 N–H and O–H groups in total.